The third-order valence-corrected chi connectivity index (χ3v) is 4.20. The molecule has 0 bridgehead atoms. The molecule has 1 aromatic heterocycles. The number of rotatable bonds is 7. The van der Waals surface area contributed by atoms with Gasteiger partial charge in [-0.05, 0) is 30.2 Å². The van der Waals surface area contributed by atoms with Gasteiger partial charge >= 0.3 is 0 Å². The number of hydrogen-bond donors (Lipinski definition) is 0. The van der Waals surface area contributed by atoms with Crippen LogP contribution in [0.3, 0.4) is 0 Å². The van der Waals surface area contributed by atoms with Gasteiger partial charge in [0.1, 0.15) is 5.76 Å². The molecule has 0 aliphatic carbocycles. The molecule has 0 radical (unpaired) electrons. The molecule has 0 aromatic carbocycles. The van der Waals surface area contributed by atoms with Crippen LogP contribution in [0.2, 0.25) is 0 Å². The fourth-order valence-corrected chi connectivity index (χ4v) is 3.29. The largest absolute Gasteiger partial charge is 0.468 e. The van der Waals surface area contributed by atoms with Crippen LogP contribution in [0.25, 0.3) is 0 Å². The highest BCUT2D eigenvalue weighted by Gasteiger charge is 2.06. The third-order valence-electron chi connectivity index (χ3n) is 2.09. The monoisotopic (exact) mass is 276 g/mol. The molecule has 1 heterocycles. The van der Waals surface area contributed by atoms with E-state index in [1.54, 1.807) is 6.26 Å². The highest BCUT2D eigenvalue weighted by atomic mass is 79.9. The van der Waals surface area contributed by atoms with Crippen molar-refractivity contribution in [1.82, 2.24) is 0 Å². The van der Waals surface area contributed by atoms with E-state index in [-0.39, 0.29) is 0 Å². The van der Waals surface area contributed by atoms with Crippen molar-refractivity contribution < 1.29 is 4.42 Å². The number of thioether (sulfide) groups is 1. The van der Waals surface area contributed by atoms with Gasteiger partial charge in [0.25, 0.3) is 0 Å². The van der Waals surface area contributed by atoms with E-state index in [1.807, 2.05) is 23.9 Å². The van der Waals surface area contributed by atoms with Crippen molar-refractivity contribution in [3.63, 3.8) is 0 Å². The Kier molecular flexibility index (Phi) is 6.45. The second-order valence-corrected chi connectivity index (χ2v) is 5.08. The molecular weight excluding hydrogens is 260 g/mol. The van der Waals surface area contributed by atoms with Crippen molar-refractivity contribution >= 4 is 27.7 Å². The van der Waals surface area contributed by atoms with Crippen LogP contribution in [-0.2, 0) is 5.75 Å². The van der Waals surface area contributed by atoms with Gasteiger partial charge in [-0.25, -0.2) is 0 Å². The van der Waals surface area contributed by atoms with Gasteiger partial charge in [0, 0.05) is 5.33 Å². The molecule has 1 rings (SSSR count). The Hall–Kier alpha value is 0.110. The van der Waals surface area contributed by atoms with Gasteiger partial charge in [-0.15, -0.1) is 0 Å². The summed E-state index contributed by atoms with van der Waals surface area (Å²) < 4.78 is 5.28. The number of furan rings is 1. The van der Waals surface area contributed by atoms with E-state index in [1.165, 1.54) is 18.6 Å². The van der Waals surface area contributed by atoms with Crippen LogP contribution in [-0.4, -0.2) is 11.1 Å². The quantitative estimate of drug-likeness (QED) is 0.688. The van der Waals surface area contributed by atoms with Crippen LogP contribution < -0.4 is 0 Å². The lowest BCUT2D eigenvalue weighted by Gasteiger charge is -2.11. The van der Waals surface area contributed by atoms with E-state index >= 15 is 0 Å². The summed E-state index contributed by atoms with van der Waals surface area (Å²) in [5.41, 5.74) is 0. The molecule has 14 heavy (non-hydrogen) atoms. The zero-order chi connectivity index (χ0) is 10.2. The number of halogens is 1. The summed E-state index contributed by atoms with van der Waals surface area (Å²) in [6.45, 7) is 2.24. The first-order valence-electron chi connectivity index (χ1n) is 5.03. The van der Waals surface area contributed by atoms with Gasteiger partial charge in [-0.2, -0.15) is 11.8 Å². The Balaban J connectivity index is 2.13. The minimum atomic E-state index is 0.806. The Bertz CT molecular complexity index is 223. The summed E-state index contributed by atoms with van der Waals surface area (Å²) in [6.07, 6.45) is 4.33. The van der Waals surface area contributed by atoms with Crippen molar-refractivity contribution in [2.75, 3.05) is 11.1 Å². The number of hydrogen-bond acceptors (Lipinski definition) is 2. The van der Waals surface area contributed by atoms with Gasteiger partial charge < -0.3 is 4.42 Å². The lowest BCUT2D eigenvalue weighted by atomic mass is 10.1. The maximum atomic E-state index is 5.28. The van der Waals surface area contributed by atoms with Gasteiger partial charge in [0.15, 0.2) is 0 Å². The van der Waals surface area contributed by atoms with Crippen molar-refractivity contribution in [3.8, 4) is 0 Å². The van der Waals surface area contributed by atoms with Crippen LogP contribution in [0.5, 0.6) is 0 Å². The van der Waals surface area contributed by atoms with Crippen molar-refractivity contribution in [2.24, 2.45) is 5.92 Å². The van der Waals surface area contributed by atoms with Crippen LogP contribution in [0.15, 0.2) is 22.8 Å². The molecule has 0 saturated carbocycles. The topological polar surface area (TPSA) is 13.1 Å². The Morgan fingerprint density at radius 2 is 2.43 bits per heavy atom. The Labute approximate surface area is 98.8 Å². The second-order valence-electron chi connectivity index (χ2n) is 3.40. The molecular formula is C11H17BrOS. The predicted molar refractivity (Wildman–Crippen MR) is 67.1 cm³/mol. The average Bonchev–Trinajstić information content (AvgIpc) is 2.69. The Morgan fingerprint density at radius 3 is 3.00 bits per heavy atom. The van der Waals surface area contributed by atoms with Crippen LogP contribution in [0.1, 0.15) is 25.5 Å². The SMILES string of the molecule is CCCC(CBr)CSCc1ccco1. The fraction of sp³-hybridized carbons (Fsp3) is 0.636. The fourth-order valence-electron chi connectivity index (χ4n) is 1.33. The van der Waals surface area contributed by atoms with Gasteiger partial charge in [-0.3, -0.25) is 0 Å². The standard InChI is InChI=1S/C11H17BrOS/c1-2-4-10(7-12)8-14-9-11-5-3-6-13-11/h3,5-6,10H,2,4,7-9H2,1H3. The Morgan fingerprint density at radius 1 is 1.57 bits per heavy atom. The summed E-state index contributed by atoms with van der Waals surface area (Å²) >= 11 is 5.52. The van der Waals surface area contributed by atoms with Gasteiger partial charge in [0.05, 0.1) is 12.0 Å². The summed E-state index contributed by atoms with van der Waals surface area (Å²) in [5.74, 6) is 4.11. The molecule has 1 aromatic rings. The molecule has 1 unspecified atom stereocenters. The maximum Gasteiger partial charge on any atom is 0.113 e. The summed E-state index contributed by atoms with van der Waals surface area (Å²) in [4.78, 5) is 0. The highest BCUT2D eigenvalue weighted by Crippen LogP contribution is 2.20. The lowest BCUT2D eigenvalue weighted by Crippen LogP contribution is -2.04. The van der Waals surface area contributed by atoms with Crippen molar-refractivity contribution in [3.05, 3.63) is 24.2 Å². The lowest BCUT2D eigenvalue weighted by molar-refractivity contribution is 0.529. The zero-order valence-corrected chi connectivity index (χ0v) is 10.9. The zero-order valence-electron chi connectivity index (χ0n) is 8.54. The van der Waals surface area contributed by atoms with E-state index < -0.39 is 0 Å². The normalized spacial score (nSPS) is 13.0. The van der Waals surface area contributed by atoms with E-state index in [9.17, 15) is 0 Å². The van der Waals surface area contributed by atoms with E-state index in [2.05, 4.69) is 22.9 Å². The highest BCUT2D eigenvalue weighted by molar-refractivity contribution is 9.09. The maximum absolute atomic E-state index is 5.28. The molecule has 0 amide bonds. The first-order chi connectivity index (χ1) is 6.86. The van der Waals surface area contributed by atoms with Crippen LogP contribution >= 0.6 is 27.7 Å². The molecule has 0 saturated heterocycles. The molecule has 1 nitrogen and oxygen atoms in total. The van der Waals surface area contributed by atoms with E-state index in [0.29, 0.717) is 0 Å². The third kappa shape index (κ3) is 4.56. The average molecular weight is 277 g/mol. The first kappa shape index (κ1) is 12.2. The van der Waals surface area contributed by atoms with Crippen molar-refractivity contribution in [1.29, 1.82) is 0 Å². The second kappa shape index (κ2) is 7.41. The first-order valence-corrected chi connectivity index (χ1v) is 7.30. The number of alkyl halides is 1. The predicted octanol–water partition coefficient (Wildman–Crippen LogP) is 4.32. The molecule has 1 atom stereocenters. The van der Waals surface area contributed by atoms with Gasteiger partial charge in [0.2, 0.25) is 0 Å². The molecule has 0 aliphatic rings. The van der Waals surface area contributed by atoms with Gasteiger partial charge in [-0.1, -0.05) is 29.3 Å². The summed E-state index contributed by atoms with van der Waals surface area (Å²) in [5, 5.41) is 1.12. The van der Waals surface area contributed by atoms with Crippen LogP contribution in [0.4, 0.5) is 0 Å². The molecule has 0 spiro atoms. The smallest absolute Gasteiger partial charge is 0.113 e. The van der Waals surface area contributed by atoms with Crippen LogP contribution in [0, 0.1) is 5.92 Å². The summed E-state index contributed by atoms with van der Waals surface area (Å²) in [6, 6.07) is 3.99. The van der Waals surface area contributed by atoms with E-state index in [4.69, 9.17) is 4.42 Å². The molecule has 0 fully saturated rings. The molecule has 80 valence electrons. The molecule has 0 aliphatic heterocycles. The molecule has 0 N–H and O–H groups in total. The minimum Gasteiger partial charge on any atom is -0.468 e. The molecule has 3 heteroatoms. The minimum absolute atomic E-state index is 0.806. The van der Waals surface area contributed by atoms with E-state index in [0.717, 1.165) is 22.8 Å². The summed E-state index contributed by atoms with van der Waals surface area (Å²) in [7, 11) is 0. The van der Waals surface area contributed by atoms with Crippen molar-refractivity contribution in [2.45, 2.75) is 25.5 Å².